The number of fused-ring (bicyclic) bond motifs is 3. The molecule has 72 valence electrons. The van der Waals surface area contributed by atoms with E-state index in [0.29, 0.717) is 0 Å². The largest absolute Gasteiger partial charge is 0.253 e. The second kappa shape index (κ2) is 3.02. The summed E-state index contributed by atoms with van der Waals surface area (Å²) in [6.07, 6.45) is 1.80. The summed E-state index contributed by atoms with van der Waals surface area (Å²) in [4.78, 5) is 8.91. The van der Waals surface area contributed by atoms with Crippen molar-refractivity contribution in [3.63, 3.8) is 0 Å². The van der Waals surface area contributed by atoms with E-state index in [-0.39, 0.29) is 0 Å². The van der Waals surface area contributed by atoms with Crippen LogP contribution >= 0.6 is 0 Å². The molecule has 2 aromatic carbocycles. The third-order valence-corrected chi connectivity index (χ3v) is 2.56. The molecule has 0 saturated heterocycles. The van der Waals surface area contributed by atoms with E-state index in [4.69, 9.17) is 0 Å². The molecule has 3 aromatic rings. The van der Waals surface area contributed by atoms with E-state index in [2.05, 4.69) is 28.2 Å². The fourth-order valence-corrected chi connectivity index (χ4v) is 1.83. The van der Waals surface area contributed by atoms with Crippen LogP contribution < -0.4 is 0 Å². The van der Waals surface area contributed by atoms with Crippen molar-refractivity contribution >= 4 is 21.8 Å². The number of aryl methyl sites for hydroxylation is 1. The van der Waals surface area contributed by atoms with E-state index < -0.39 is 0 Å². The molecule has 1 heterocycles. The molecule has 0 unspecified atom stereocenters. The lowest BCUT2D eigenvalue weighted by Gasteiger charge is -2.02. The Morgan fingerprint density at radius 2 is 1.87 bits per heavy atom. The van der Waals surface area contributed by atoms with Crippen molar-refractivity contribution in [2.24, 2.45) is 0 Å². The minimum absolute atomic E-state index is 0.957. The fourth-order valence-electron chi connectivity index (χ4n) is 1.83. The Kier molecular flexibility index (Phi) is 1.68. The Labute approximate surface area is 87.6 Å². The molecule has 0 spiro atoms. The summed E-state index contributed by atoms with van der Waals surface area (Å²) in [7, 11) is 0. The third-order valence-electron chi connectivity index (χ3n) is 2.56. The number of rotatable bonds is 0. The first kappa shape index (κ1) is 8.36. The van der Waals surface area contributed by atoms with E-state index in [1.807, 2.05) is 25.1 Å². The van der Waals surface area contributed by atoms with Gasteiger partial charge in [0.15, 0.2) is 0 Å². The van der Waals surface area contributed by atoms with Gasteiger partial charge in [-0.1, -0.05) is 30.3 Å². The van der Waals surface area contributed by atoms with Gasteiger partial charge in [0.1, 0.15) is 0 Å². The molecule has 0 saturated carbocycles. The van der Waals surface area contributed by atoms with Crippen LogP contribution in [0.1, 0.15) is 5.69 Å². The SMILES string of the molecule is Cc1cnc2ccc3ccccc3c2n1. The van der Waals surface area contributed by atoms with Gasteiger partial charge in [-0.15, -0.1) is 0 Å². The van der Waals surface area contributed by atoms with Gasteiger partial charge in [0.05, 0.1) is 16.7 Å². The molecular weight excluding hydrogens is 184 g/mol. The quantitative estimate of drug-likeness (QED) is 0.514. The van der Waals surface area contributed by atoms with Gasteiger partial charge in [-0.05, 0) is 18.4 Å². The molecule has 0 aliphatic carbocycles. The molecule has 15 heavy (non-hydrogen) atoms. The lowest BCUT2D eigenvalue weighted by molar-refractivity contribution is 1.19. The van der Waals surface area contributed by atoms with Crippen LogP contribution in [0.5, 0.6) is 0 Å². The van der Waals surface area contributed by atoms with Gasteiger partial charge in [-0.25, -0.2) is 4.98 Å². The Bertz CT molecular complexity index is 644. The minimum atomic E-state index is 0.957. The molecule has 1 aromatic heterocycles. The summed E-state index contributed by atoms with van der Waals surface area (Å²) in [5, 5.41) is 2.39. The van der Waals surface area contributed by atoms with Gasteiger partial charge in [-0.3, -0.25) is 4.98 Å². The van der Waals surface area contributed by atoms with Crippen LogP contribution in [0, 0.1) is 6.92 Å². The maximum atomic E-state index is 4.54. The van der Waals surface area contributed by atoms with Crippen LogP contribution in [0.2, 0.25) is 0 Å². The van der Waals surface area contributed by atoms with E-state index in [1.165, 1.54) is 10.8 Å². The average Bonchev–Trinajstić information content (AvgIpc) is 2.29. The number of benzene rings is 2. The molecule has 0 aliphatic heterocycles. The van der Waals surface area contributed by atoms with Crippen molar-refractivity contribution in [1.29, 1.82) is 0 Å². The minimum Gasteiger partial charge on any atom is -0.253 e. The standard InChI is InChI=1S/C13H10N2/c1-9-8-14-12-7-6-10-4-2-3-5-11(10)13(12)15-9/h2-8H,1H3. The zero-order chi connectivity index (χ0) is 10.3. The molecule has 2 heteroatoms. The maximum absolute atomic E-state index is 4.54. The second-order valence-corrected chi connectivity index (χ2v) is 3.67. The van der Waals surface area contributed by atoms with Crippen molar-refractivity contribution in [3.05, 3.63) is 48.3 Å². The van der Waals surface area contributed by atoms with Gasteiger partial charge < -0.3 is 0 Å². The van der Waals surface area contributed by atoms with Crippen LogP contribution in [0.3, 0.4) is 0 Å². The van der Waals surface area contributed by atoms with Crippen LogP contribution in [-0.4, -0.2) is 9.97 Å². The molecule has 0 fully saturated rings. The normalized spacial score (nSPS) is 11.0. The van der Waals surface area contributed by atoms with Crippen molar-refractivity contribution in [1.82, 2.24) is 9.97 Å². The van der Waals surface area contributed by atoms with Gasteiger partial charge in [0.25, 0.3) is 0 Å². The molecule has 0 amide bonds. The van der Waals surface area contributed by atoms with Crippen molar-refractivity contribution < 1.29 is 0 Å². The summed E-state index contributed by atoms with van der Waals surface area (Å²) in [5.74, 6) is 0. The van der Waals surface area contributed by atoms with E-state index in [0.717, 1.165) is 16.7 Å². The lowest BCUT2D eigenvalue weighted by atomic mass is 10.1. The Morgan fingerprint density at radius 3 is 2.80 bits per heavy atom. The van der Waals surface area contributed by atoms with E-state index in [1.54, 1.807) is 6.20 Å². The first-order valence-electron chi connectivity index (χ1n) is 4.96. The first-order chi connectivity index (χ1) is 7.34. The van der Waals surface area contributed by atoms with Crippen molar-refractivity contribution in [2.45, 2.75) is 6.92 Å². The smallest absolute Gasteiger partial charge is 0.0968 e. The van der Waals surface area contributed by atoms with Crippen molar-refractivity contribution in [3.8, 4) is 0 Å². The molecular formula is C13H10N2. The Hall–Kier alpha value is -1.96. The molecule has 0 bridgehead atoms. The highest BCUT2D eigenvalue weighted by atomic mass is 14.8. The first-order valence-corrected chi connectivity index (χ1v) is 4.96. The average molecular weight is 194 g/mol. The number of hydrogen-bond donors (Lipinski definition) is 0. The highest BCUT2D eigenvalue weighted by Crippen LogP contribution is 2.21. The Balaban J connectivity index is 2.57. The summed E-state index contributed by atoms with van der Waals surface area (Å²) in [6.45, 7) is 1.97. The summed E-state index contributed by atoms with van der Waals surface area (Å²) < 4.78 is 0. The number of nitrogens with zero attached hydrogens (tertiary/aromatic N) is 2. The van der Waals surface area contributed by atoms with Gasteiger partial charge >= 0.3 is 0 Å². The lowest BCUT2D eigenvalue weighted by Crippen LogP contribution is -1.88. The predicted molar refractivity (Wildman–Crippen MR) is 61.8 cm³/mol. The number of aromatic nitrogens is 2. The van der Waals surface area contributed by atoms with Gasteiger partial charge in [-0.2, -0.15) is 0 Å². The van der Waals surface area contributed by atoms with Crippen LogP contribution in [-0.2, 0) is 0 Å². The molecule has 2 nitrogen and oxygen atoms in total. The second-order valence-electron chi connectivity index (χ2n) is 3.67. The highest BCUT2D eigenvalue weighted by molar-refractivity contribution is 6.03. The fraction of sp³-hybridized carbons (Fsp3) is 0.0769. The van der Waals surface area contributed by atoms with Gasteiger partial charge in [0.2, 0.25) is 0 Å². The summed E-state index contributed by atoms with van der Waals surface area (Å²) >= 11 is 0. The maximum Gasteiger partial charge on any atom is 0.0968 e. The number of hydrogen-bond acceptors (Lipinski definition) is 2. The summed E-state index contributed by atoms with van der Waals surface area (Å²) in [5.41, 5.74) is 2.91. The van der Waals surface area contributed by atoms with Crippen molar-refractivity contribution in [2.75, 3.05) is 0 Å². The van der Waals surface area contributed by atoms with Crippen LogP contribution in [0.15, 0.2) is 42.6 Å². The molecule has 3 rings (SSSR count). The zero-order valence-electron chi connectivity index (χ0n) is 8.44. The van der Waals surface area contributed by atoms with Gasteiger partial charge in [0, 0.05) is 11.6 Å². The summed E-state index contributed by atoms with van der Waals surface area (Å²) in [6, 6.07) is 12.4. The van der Waals surface area contributed by atoms with Crippen LogP contribution in [0.25, 0.3) is 21.8 Å². The monoisotopic (exact) mass is 194 g/mol. The molecule has 0 radical (unpaired) electrons. The molecule has 0 N–H and O–H groups in total. The van der Waals surface area contributed by atoms with Crippen LogP contribution in [0.4, 0.5) is 0 Å². The Morgan fingerprint density at radius 1 is 1.00 bits per heavy atom. The predicted octanol–water partition coefficient (Wildman–Crippen LogP) is 3.09. The molecule has 0 aliphatic rings. The van der Waals surface area contributed by atoms with E-state index >= 15 is 0 Å². The highest BCUT2D eigenvalue weighted by Gasteiger charge is 2.01. The zero-order valence-corrected chi connectivity index (χ0v) is 8.44. The third kappa shape index (κ3) is 1.26. The molecule has 0 atom stereocenters. The van der Waals surface area contributed by atoms with E-state index in [9.17, 15) is 0 Å². The topological polar surface area (TPSA) is 25.8 Å².